The quantitative estimate of drug-likeness (QED) is 0.460. The van der Waals surface area contributed by atoms with Gasteiger partial charge >= 0.3 is 12.1 Å². The molecule has 0 saturated heterocycles. The fraction of sp³-hybridized carbons (Fsp3) is 0.350. The van der Waals surface area contributed by atoms with E-state index in [9.17, 15) is 32.7 Å². The predicted octanol–water partition coefficient (Wildman–Crippen LogP) is 3.81. The summed E-state index contributed by atoms with van der Waals surface area (Å²) in [4.78, 5) is 36.1. The van der Waals surface area contributed by atoms with Crippen molar-refractivity contribution in [1.82, 2.24) is 0 Å². The van der Waals surface area contributed by atoms with Crippen LogP contribution in [0.15, 0.2) is 23.5 Å². The summed E-state index contributed by atoms with van der Waals surface area (Å²) in [6.45, 7) is 5.05. The van der Waals surface area contributed by atoms with Gasteiger partial charge in [-0.25, -0.2) is 0 Å². The van der Waals surface area contributed by atoms with Crippen LogP contribution in [0, 0.1) is 19.8 Å². The SMILES string of the molecule is COC1=CC(=O)C=C(C)C1C(=O)Oc1c(C)c(C)c(C(C)=O)c(O)c1C(F)(F)F. The third-order valence-electron chi connectivity index (χ3n) is 4.68. The Morgan fingerprint density at radius 2 is 1.69 bits per heavy atom. The molecule has 1 aromatic carbocycles. The van der Waals surface area contributed by atoms with Crippen molar-refractivity contribution in [3.63, 3.8) is 0 Å². The number of Topliss-reactive ketones (excluding diaryl/α,β-unsaturated/α-hetero) is 1. The monoisotopic (exact) mass is 412 g/mol. The maximum Gasteiger partial charge on any atom is 0.423 e. The van der Waals surface area contributed by atoms with Crippen LogP contribution in [0.1, 0.15) is 40.9 Å². The van der Waals surface area contributed by atoms with Crippen LogP contribution in [-0.4, -0.2) is 29.8 Å². The normalized spacial score (nSPS) is 16.8. The number of aromatic hydroxyl groups is 1. The molecule has 0 aromatic heterocycles. The van der Waals surface area contributed by atoms with E-state index in [1.807, 2.05) is 0 Å². The Balaban J connectivity index is 2.65. The Morgan fingerprint density at radius 1 is 1.10 bits per heavy atom. The Kier molecular flexibility index (Phi) is 5.91. The number of rotatable bonds is 4. The van der Waals surface area contributed by atoms with Gasteiger partial charge in [0.05, 0.1) is 12.7 Å². The number of benzene rings is 1. The zero-order valence-corrected chi connectivity index (χ0v) is 16.4. The standard InChI is InChI=1S/C20H19F3O6/c1-8-6-12(25)7-13(28-5)14(8)19(27)29-18-10(3)9(2)15(11(4)24)17(26)16(18)20(21,22)23/h6-7,14,26H,1-5H3. The lowest BCUT2D eigenvalue weighted by Gasteiger charge is -2.24. The molecular formula is C20H19F3O6. The summed E-state index contributed by atoms with van der Waals surface area (Å²) >= 11 is 0. The number of hydrogen-bond donors (Lipinski definition) is 1. The van der Waals surface area contributed by atoms with E-state index in [-0.39, 0.29) is 22.5 Å². The van der Waals surface area contributed by atoms with Crippen LogP contribution in [0.4, 0.5) is 13.2 Å². The van der Waals surface area contributed by atoms with Gasteiger partial charge in [0.15, 0.2) is 11.6 Å². The summed E-state index contributed by atoms with van der Waals surface area (Å²) < 4.78 is 51.1. The fourth-order valence-corrected chi connectivity index (χ4v) is 3.21. The molecule has 6 nitrogen and oxygen atoms in total. The van der Waals surface area contributed by atoms with Crippen LogP contribution >= 0.6 is 0 Å². The number of ether oxygens (including phenoxy) is 2. The first kappa shape index (κ1) is 22.2. The van der Waals surface area contributed by atoms with Gasteiger partial charge < -0.3 is 14.6 Å². The molecule has 0 fully saturated rings. The molecule has 156 valence electrons. The molecule has 1 aliphatic rings. The van der Waals surface area contributed by atoms with Gasteiger partial charge in [0.1, 0.15) is 28.7 Å². The second-order valence-electron chi connectivity index (χ2n) is 6.63. The molecule has 1 N–H and O–H groups in total. The minimum absolute atomic E-state index is 0.0550. The number of halogens is 3. The van der Waals surface area contributed by atoms with E-state index in [4.69, 9.17) is 9.47 Å². The van der Waals surface area contributed by atoms with Crippen molar-refractivity contribution in [2.45, 2.75) is 33.9 Å². The topological polar surface area (TPSA) is 89.9 Å². The van der Waals surface area contributed by atoms with Crippen LogP contribution in [0.5, 0.6) is 11.5 Å². The van der Waals surface area contributed by atoms with Crippen molar-refractivity contribution >= 4 is 17.5 Å². The van der Waals surface area contributed by atoms with Gasteiger partial charge in [-0.2, -0.15) is 13.2 Å². The van der Waals surface area contributed by atoms with Gasteiger partial charge in [0.25, 0.3) is 0 Å². The second-order valence-corrected chi connectivity index (χ2v) is 6.63. The highest BCUT2D eigenvalue weighted by Gasteiger charge is 2.43. The molecular weight excluding hydrogens is 393 g/mol. The molecule has 0 bridgehead atoms. The first-order valence-electron chi connectivity index (χ1n) is 8.44. The summed E-state index contributed by atoms with van der Waals surface area (Å²) in [5.74, 6) is -5.83. The van der Waals surface area contributed by atoms with Crippen molar-refractivity contribution in [2.24, 2.45) is 5.92 Å². The van der Waals surface area contributed by atoms with Crippen LogP contribution in [0.3, 0.4) is 0 Å². The predicted molar refractivity (Wildman–Crippen MR) is 95.6 cm³/mol. The fourth-order valence-electron chi connectivity index (χ4n) is 3.21. The van der Waals surface area contributed by atoms with Crippen LogP contribution in [-0.2, 0) is 20.5 Å². The molecule has 0 aliphatic heterocycles. The molecule has 1 unspecified atom stereocenters. The minimum atomic E-state index is -5.10. The third-order valence-corrected chi connectivity index (χ3v) is 4.68. The molecule has 29 heavy (non-hydrogen) atoms. The molecule has 0 saturated carbocycles. The third kappa shape index (κ3) is 4.03. The lowest BCUT2D eigenvalue weighted by molar-refractivity contribution is -0.144. The number of hydrogen-bond acceptors (Lipinski definition) is 6. The van der Waals surface area contributed by atoms with E-state index in [1.54, 1.807) is 0 Å². The number of alkyl halides is 3. The Bertz CT molecular complexity index is 970. The van der Waals surface area contributed by atoms with Crippen LogP contribution in [0.2, 0.25) is 0 Å². The summed E-state index contributed by atoms with van der Waals surface area (Å²) in [6, 6.07) is 0. The number of ketones is 2. The average molecular weight is 412 g/mol. The molecule has 1 aliphatic carbocycles. The van der Waals surface area contributed by atoms with Crippen molar-refractivity contribution in [2.75, 3.05) is 7.11 Å². The highest BCUT2D eigenvalue weighted by atomic mass is 19.4. The summed E-state index contributed by atoms with van der Waals surface area (Å²) in [7, 11) is 1.21. The summed E-state index contributed by atoms with van der Waals surface area (Å²) in [5.41, 5.74) is -1.95. The number of phenols is 1. The van der Waals surface area contributed by atoms with Crippen molar-refractivity contribution in [1.29, 1.82) is 0 Å². The van der Waals surface area contributed by atoms with Gasteiger partial charge in [0, 0.05) is 6.08 Å². The Labute approximate surface area is 164 Å². The smallest absolute Gasteiger partial charge is 0.423 e. The van der Waals surface area contributed by atoms with Crippen molar-refractivity contribution in [3.05, 3.63) is 45.7 Å². The first-order chi connectivity index (χ1) is 13.3. The number of esters is 1. The molecule has 0 spiro atoms. The van der Waals surface area contributed by atoms with E-state index in [1.165, 1.54) is 27.9 Å². The maximum atomic E-state index is 13.7. The van der Waals surface area contributed by atoms with E-state index >= 15 is 0 Å². The Hall–Kier alpha value is -3.10. The van der Waals surface area contributed by atoms with Gasteiger partial charge in [-0.3, -0.25) is 14.4 Å². The second kappa shape index (κ2) is 7.73. The van der Waals surface area contributed by atoms with E-state index in [0.29, 0.717) is 0 Å². The minimum Gasteiger partial charge on any atom is -0.506 e. The number of carbonyl (C=O) groups excluding carboxylic acids is 3. The number of phenolic OH excluding ortho intramolecular Hbond substituents is 1. The van der Waals surface area contributed by atoms with Gasteiger partial charge in [-0.15, -0.1) is 0 Å². The highest BCUT2D eigenvalue weighted by Crippen LogP contribution is 2.47. The molecule has 0 amide bonds. The van der Waals surface area contributed by atoms with E-state index in [2.05, 4.69) is 0 Å². The largest absolute Gasteiger partial charge is 0.506 e. The van der Waals surface area contributed by atoms with Crippen molar-refractivity contribution < 1.29 is 42.1 Å². The molecule has 1 aromatic rings. The van der Waals surface area contributed by atoms with Crippen LogP contribution < -0.4 is 4.74 Å². The van der Waals surface area contributed by atoms with Gasteiger partial charge in [-0.05, 0) is 50.5 Å². The van der Waals surface area contributed by atoms with Gasteiger partial charge in [0.2, 0.25) is 0 Å². The van der Waals surface area contributed by atoms with E-state index < -0.39 is 52.3 Å². The molecule has 0 radical (unpaired) electrons. The summed E-state index contributed by atoms with van der Waals surface area (Å²) in [5, 5.41) is 10.2. The molecule has 2 rings (SSSR count). The van der Waals surface area contributed by atoms with Crippen molar-refractivity contribution in [3.8, 4) is 11.5 Å². The van der Waals surface area contributed by atoms with Gasteiger partial charge in [-0.1, -0.05) is 0 Å². The Morgan fingerprint density at radius 3 is 2.17 bits per heavy atom. The summed E-state index contributed by atoms with van der Waals surface area (Å²) in [6.07, 6.45) is -2.92. The lowest BCUT2D eigenvalue weighted by Crippen LogP contribution is -2.28. The number of allylic oxidation sites excluding steroid dienone is 2. The number of methoxy groups -OCH3 is 1. The number of carbonyl (C=O) groups is 3. The molecule has 1 atom stereocenters. The zero-order chi connectivity index (χ0) is 22.3. The van der Waals surface area contributed by atoms with Crippen LogP contribution in [0.25, 0.3) is 0 Å². The molecule has 9 heteroatoms. The molecule has 0 heterocycles. The average Bonchev–Trinajstić information content (AvgIpc) is 2.56. The van der Waals surface area contributed by atoms with E-state index in [0.717, 1.165) is 19.1 Å². The lowest BCUT2D eigenvalue weighted by atomic mass is 9.91. The maximum absolute atomic E-state index is 13.7. The highest BCUT2D eigenvalue weighted by molar-refractivity contribution is 6.03. The zero-order valence-electron chi connectivity index (χ0n) is 16.4. The first-order valence-corrected chi connectivity index (χ1v) is 8.44.